The fourth-order valence-electron chi connectivity index (χ4n) is 3.09. The standard InChI is InChI=1S/C20H19NO4/c1-13-8-10-14(11-9-13)18(22)19(23)21-12-4-6-15-16(20(24)25-2)5-3-7-17(15)21/h3,5,7-11H,4,6,12H2,1-2H3. The van der Waals surface area contributed by atoms with Crippen molar-refractivity contribution in [2.75, 3.05) is 18.6 Å². The third-order valence-corrected chi connectivity index (χ3v) is 4.41. The van der Waals surface area contributed by atoms with Crippen LogP contribution in [0.15, 0.2) is 42.5 Å². The highest BCUT2D eigenvalue weighted by Gasteiger charge is 2.30. The highest BCUT2D eigenvalue weighted by Crippen LogP contribution is 2.30. The van der Waals surface area contributed by atoms with E-state index in [0.717, 1.165) is 11.1 Å². The van der Waals surface area contributed by atoms with Crippen LogP contribution >= 0.6 is 0 Å². The zero-order valence-corrected chi connectivity index (χ0v) is 14.2. The summed E-state index contributed by atoms with van der Waals surface area (Å²) >= 11 is 0. The second-order valence-electron chi connectivity index (χ2n) is 6.05. The van der Waals surface area contributed by atoms with E-state index in [-0.39, 0.29) is 0 Å². The number of benzene rings is 2. The fourth-order valence-corrected chi connectivity index (χ4v) is 3.09. The molecule has 1 amide bonds. The Morgan fingerprint density at radius 2 is 1.76 bits per heavy atom. The van der Waals surface area contributed by atoms with Crippen molar-refractivity contribution < 1.29 is 19.1 Å². The van der Waals surface area contributed by atoms with Crippen molar-refractivity contribution in [2.24, 2.45) is 0 Å². The van der Waals surface area contributed by atoms with Crippen LogP contribution in [-0.2, 0) is 16.0 Å². The molecule has 0 radical (unpaired) electrons. The molecule has 25 heavy (non-hydrogen) atoms. The summed E-state index contributed by atoms with van der Waals surface area (Å²) in [6, 6.07) is 12.1. The lowest BCUT2D eigenvalue weighted by molar-refractivity contribution is -0.114. The van der Waals surface area contributed by atoms with Crippen LogP contribution in [0.5, 0.6) is 0 Å². The summed E-state index contributed by atoms with van der Waals surface area (Å²) in [5, 5.41) is 0. The summed E-state index contributed by atoms with van der Waals surface area (Å²) in [5.41, 5.74) is 3.20. The first-order valence-electron chi connectivity index (χ1n) is 8.16. The van der Waals surface area contributed by atoms with Gasteiger partial charge in [0.25, 0.3) is 11.7 Å². The number of methoxy groups -OCH3 is 1. The molecule has 0 saturated carbocycles. The quantitative estimate of drug-likeness (QED) is 0.491. The van der Waals surface area contributed by atoms with E-state index in [9.17, 15) is 14.4 Å². The van der Waals surface area contributed by atoms with Crippen molar-refractivity contribution >= 4 is 23.3 Å². The summed E-state index contributed by atoms with van der Waals surface area (Å²) in [4.78, 5) is 38.7. The molecule has 0 aromatic heterocycles. The van der Waals surface area contributed by atoms with Crippen LogP contribution in [0.2, 0.25) is 0 Å². The third kappa shape index (κ3) is 3.18. The smallest absolute Gasteiger partial charge is 0.338 e. The minimum Gasteiger partial charge on any atom is -0.465 e. The SMILES string of the molecule is COC(=O)c1cccc2c1CCCN2C(=O)C(=O)c1ccc(C)cc1. The molecule has 0 fully saturated rings. The molecule has 0 N–H and O–H groups in total. The number of carbonyl (C=O) groups excluding carboxylic acids is 3. The Balaban J connectivity index is 1.95. The van der Waals surface area contributed by atoms with Crippen molar-refractivity contribution in [3.63, 3.8) is 0 Å². The number of nitrogens with zero attached hydrogens (tertiary/aromatic N) is 1. The Bertz CT molecular complexity index is 839. The number of ether oxygens (including phenoxy) is 1. The zero-order chi connectivity index (χ0) is 18.0. The van der Waals surface area contributed by atoms with Gasteiger partial charge in [0.1, 0.15) is 0 Å². The number of Topliss-reactive ketones (excluding diaryl/α,β-unsaturated/α-hetero) is 1. The van der Waals surface area contributed by atoms with Gasteiger partial charge in [0.2, 0.25) is 0 Å². The average Bonchev–Trinajstić information content (AvgIpc) is 2.65. The van der Waals surface area contributed by atoms with E-state index < -0.39 is 17.7 Å². The first-order valence-corrected chi connectivity index (χ1v) is 8.16. The number of hydrogen-bond donors (Lipinski definition) is 0. The summed E-state index contributed by atoms with van der Waals surface area (Å²) in [6.45, 7) is 2.37. The molecule has 0 spiro atoms. The first-order chi connectivity index (χ1) is 12.0. The van der Waals surface area contributed by atoms with E-state index in [4.69, 9.17) is 4.74 Å². The van der Waals surface area contributed by atoms with Crippen LogP contribution in [0.25, 0.3) is 0 Å². The Hall–Kier alpha value is -2.95. The number of anilines is 1. The third-order valence-electron chi connectivity index (χ3n) is 4.41. The minimum absolute atomic E-state index is 0.367. The number of amides is 1. The van der Waals surface area contributed by atoms with Crippen LogP contribution < -0.4 is 4.90 Å². The summed E-state index contributed by atoms with van der Waals surface area (Å²) < 4.78 is 4.82. The van der Waals surface area contributed by atoms with Crippen LogP contribution in [-0.4, -0.2) is 31.3 Å². The molecule has 0 unspecified atom stereocenters. The van der Waals surface area contributed by atoms with Gasteiger partial charge < -0.3 is 9.64 Å². The lowest BCUT2D eigenvalue weighted by Crippen LogP contribution is -2.40. The molecule has 3 rings (SSSR count). The number of esters is 1. The molecule has 0 bridgehead atoms. The van der Waals surface area contributed by atoms with Crippen LogP contribution in [0.4, 0.5) is 5.69 Å². The molecule has 128 valence electrons. The van der Waals surface area contributed by atoms with Gasteiger partial charge in [-0.05, 0) is 37.5 Å². The molecular weight excluding hydrogens is 318 g/mol. The van der Waals surface area contributed by atoms with Gasteiger partial charge in [0.15, 0.2) is 0 Å². The first kappa shape index (κ1) is 16.9. The largest absolute Gasteiger partial charge is 0.465 e. The van der Waals surface area contributed by atoms with Gasteiger partial charge >= 0.3 is 5.97 Å². The van der Waals surface area contributed by atoms with E-state index in [0.29, 0.717) is 36.2 Å². The molecule has 2 aromatic carbocycles. The van der Waals surface area contributed by atoms with Crippen molar-refractivity contribution in [3.8, 4) is 0 Å². The summed E-state index contributed by atoms with van der Waals surface area (Å²) in [5.74, 6) is -1.56. The molecule has 1 heterocycles. The monoisotopic (exact) mass is 337 g/mol. The van der Waals surface area contributed by atoms with Gasteiger partial charge in [-0.25, -0.2) is 4.79 Å². The van der Waals surface area contributed by atoms with Gasteiger partial charge in [0.05, 0.1) is 12.7 Å². The number of hydrogen-bond acceptors (Lipinski definition) is 4. The molecule has 1 aliphatic rings. The van der Waals surface area contributed by atoms with Gasteiger partial charge in [-0.15, -0.1) is 0 Å². The van der Waals surface area contributed by atoms with Crippen molar-refractivity contribution in [3.05, 3.63) is 64.7 Å². The lowest BCUT2D eigenvalue weighted by atomic mass is 9.95. The highest BCUT2D eigenvalue weighted by atomic mass is 16.5. The molecule has 5 heteroatoms. The normalized spacial score (nSPS) is 13.1. The number of fused-ring (bicyclic) bond motifs is 1. The number of aryl methyl sites for hydroxylation is 1. The molecular formula is C20H19NO4. The van der Waals surface area contributed by atoms with Crippen LogP contribution in [0.1, 0.15) is 38.3 Å². The molecule has 0 aliphatic carbocycles. The van der Waals surface area contributed by atoms with E-state index in [1.807, 2.05) is 6.92 Å². The van der Waals surface area contributed by atoms with Gasteiger partial charge in [-0.3, -0.25) is 9.59 Å². The van der Waals surface area contributed by atoms with E-state index in [1.54, 1.807) is 42.5 Å². The molecule has 2 aromatic rings. The second kappa shape index (κ2) is 6.89. The Kier molecular flexibility index (Phi) is 4.65. The molecule has 1 aliphatic heterocycles. The maximum absolute atomic E-state index is 12.8. The van der Waals surface area contributed by atoms with Gasteiger partial charge in [-0.2, -0.15) is 0 Å². The van der Waals surface area contributed by atoms with Crippen LogP contribution in [0, 0.1) is 6.92 Å². The van der Waals surface area contributed by atoms with Crippen molar-refractivity contribution in [1.29, 1.82) is 0 Å². The number of rotatable bonds is 3. The van der Waals surface area contributed by atoms with Crippen molar-refractivity contribution in [2.45, 2.75) is 19.8 Å². The Morgan fingerprint density at radius 1 is 1.04 bits per heavy atom. The lowest BCUT2D eigenvalue weighted by Gasteiger charge is -2.30. The molecule has 5 nitrogen and oxygen atoms in total. The van der Waals surface area contributed by atoms with Gasteiger partial charge in [-0.1, -0.05) is 35.9 Å². The van der Waals surface area contributed by atoms with Gasteiger partial charge in [0, 0.05) is 17.8 Å². The fraction of sp³-hybridized carbons (Fsp3) is 0.250. The maximum atomic E-state index is 12.8. The number of carbonyl (C=O) groups is 3. The van der Waals surface area contributed by atoms with Crippen molar-refractivity contribution in [1.82, 2.24) is 0 Å². The average molecular weight is 337 g/mol. The number of ketones is 1. The minimum atomic E-state index is -0.577. The topological polar surface area (TPSA) is 63.7 Å². The molecule has 0 atom stereocenters. The molecule has 0 saturated heterocycles. The zero-order valence-electron chi connectivity index (χ0n) is 14.2. The summed E-state index contributed by atoms with van der Waals surface area (Å²) in [7, 11) is 1.33. The summed E-state index contributed by atoms with van der Waals surface area (Å²) in [6.07, 6.45) is 1.36. The van der Waals surface area contributed by atoms with E-state index >= 15 is 0 Å². The predicted octanol–water partition coefficient (Wildman–Crippen LogP) is 2.94. The Morgan fingerprint density at radius 3 is 2.44 bits per heavy atom. The maximum Gasteiger partial charge on any atom is 0.338 e. The predicted molar refractivity (Wildman–Crippen MR) is 94.0 cm³/mol. The second-order valence-corrected chi connectivity index (χ2v) is 6.05. The Labute approximate surface area is 146 Å². The highest BCUT2D eigenvalue weighted by molar-refractivity contribution is 6.47. The van der Waals surface area contributed by atoms with E-state index in [1.165, 1.54) is 12.0 Å². The van der Waals surface area contributed by atoms with Crippen LogP contribution in [0.3, 0.4) is 0 Å². The van der Waals surface area contributed by atoms with E-state index in [2.05, 4.69) is 0 Å².